The van der Waals surface area contributed by atoms with E-state index in [0.29, 0.717) is 0 Å². The summed E-state index contributed by atoms with van der Waals surface area (Å²) in [5.74, 6) is 1.88. The van der Waals surface area contributed by atoms with Crippen molar-refractivity contribution in [2.45, 2.75) is 26.7 Å². The molecule has 1 aliphatic heterocycles. The van der Waals surface area contributed by atoms with E-state index in [1.165, 1.54) is 23.8 Å². The maximum Gasteiger partial charge on any atom is 0.156 e. The fourth-order valence-electron chi connectivity index (χ4n) is 3.26. The quantitative estimate of drug-likeness (QED) is 0.740. The zero-order valence-corrected chi connectivity index (χ0v) is 12.6. The topological polar surface area (TPSA) is 44.8 Å². The molecule has 2 aromatic heterocycles. The second-order valence-corrected chi connectivity index (χ2v) is 6.26. The number of aromatic amines is 1. The molecule has 4 nitrogen and oxygen atoms in total. The lowest BCUT2D eigenvalue weighted by Crippen LogP contribution is -2.33. The van der Waals surface area contributed by atoms with E-state index in [4.69, 9.17) is 0 Å². The van der Waals surface area contributed by atoms with Crippen LogP contribution in [0.1, 0.15) is 25.3 Å². The normalized spacial score (nSPS) is 17.0. The average molecular weight is 280 g/mol. The molecule has 4 rings (SSSR count). The first-order valence-corrected chi connectivity index (χ1v) is 7.70. The van der Waals surface area contributed by atoms with Gasteiger partial charge in [-0.3, -0.25) is 0 Å². The second kappa shape index (κ2) is 4.72. The SMILES string of the molecule is Cc1ccc2c(c1)[nH]c1c(N3CCC(C)CC3)ncnc12. The second-order valence-electron chi connectivity index (χ2n) is 6.26. The Morgan fingerprint density at radius 3 is 2.81 bits per heavy atom. The van der Waals surface area contributed by atoms with Crippen molar-refractivity contribution in [3.8, 4) is 0 Å². The number of hydrogen-bond acceptors (Lipinski definition) is 3. The van der Waals surface area contributed by atoms with Crippen LogP contribution in [0.25, 0.3) is 21.9 Å². The molecule has 0 bridgehead atoms. The summed E-state index contributed by atoms with van der Waals surface area (Å²) in [5, 5.41) is 1.18. The van der Waals surface area contributed by atoms with Crippen molar-refractivity contribution < 1.29 is 0 Å². The van der Waals surface area contributed by atoms with Gasteiger partial charge >= 0.3 is 0 Å². The Labute approximate surface area is 124 Å². The van der Waals surface area contributed by atoms with E-state index in [-0.39, 0.29) is 0 Å². The van der Waals surface area contributed by atoms with Crippen LogP contribution in [0.15, 0.2) is 24.5 Å². The number of nitrogens with one attached hydrogen (secondary N) is 1. The molecule has 0 atom stereocenters. The Balaban J connectivity index is 1.87. The van der Waals surface area contributed by atoms with Crippen LogP contribution >= 0.6 is 0 Å². The highest BCUT2D eigenvalue weighted by atomic mass is 15.2. The molecular weight excluding hydrogens is 260 g/mol. The van der Waals surface area contributed by atoms with Gasteiger partial charge in [-0.05, 0) is 37.3 Å². The monoisotopic (exact) mass is 280 g/mol. The van der Waals surface area contributed by atoms with Gasteiger partial charge in [-0.2, -0.15) is 0 Å². The van der Waals surface area contributed by atoms with E-state index in [1.54, 1.807) is 6.33 Å². The molecule has 0 saturated carbocycles. The van der Waals surface area contributed by atoms with Gasteiger partial charge in [0.05, 0.1) is 0 Å². The van der Waals surface area contributed by atoms with Gasteiger partial charge in [-0.1, -0.05) is 19.1 Å². The number of aromatic nitrogens is 3. The molecule has 1 aromatic carbocycles. The standard InChI is InChI=1S/C17H20N4/c1-11-5-7-21(8-6-11)17-16-15(18-10-19-17)13-4-3-12(2)9-14(13)20-16/h3-4,9-11,20H,5-8H2,1-2H3. The molecule has 0 amide bonds. The molecule has 1 fully saturated rings. The fourth-order valence-corrected chi connectivity index (χ4v) is 3.26. The van der Waals surface area contributed by atoms with Gasteiger partial charge in [0.1, 0.15) is 17.4 Å². The highest BCUT2D eigenvalue weighted by molar-refractivity contribution is 6.08. The van der Waals surface area contributed by atoms with Gasteiger partial charge in [-0.15, -0.1) is 0 Å². The lowest BCUT2D eigenvalue weighted by atomic mass is 9.99. The summed E-state index contributed by atoms with van der Waals surface area (Å²) in [6.07, 6.45) is 4.18. The van der Waals surface area contributed by atoms with Crippen LogP contribution < -0.4 is 4.90 Å². The third-order valence-electron chi connectivity index (χ3n) is 4.60. The van der Waals surface area contributed by atoms with E-state index in [1.807, 2.05) is 0 Å². The van der Waals surface area contributed by atoms with Crippen LogP contribution in [0.4, 0.5) is 5.82 Å². The smallest absolute Gasteiger partial charge is 0.156 e. The number of fused-ring (bicyclic) bond motifs is 3. The number of H-pyrrole nitrogens is 1. The van der Waals surface area contributed by atoms with Crippen molar-refractivity contribution >= 4 is 27.8 Å². The first-order chi connectivity index (χ1) is 10.2. The van der Waals surface area contributed by atoms with Crippen LogP contribution in [-0.2, 0) is 0 Å². The van der Waals surface area contributed by atoms with Gasteiger partial charge in [0.2, 0.25) is 0 Å². The zero-order valence-electron chi connectivity index (χ0n) is 12.6. The van der Waals surface area contributed by atoms with Crippen molar-refractivity contribution in [1.82, 2.24) is 15.0 Å². The maximum absolute atomic E-state index is 4.56. The molecule has 0 spiro atoms. The van der Waals surface area contributed by atoms with Crippen LogP contribution in [0.5, 0.6) is 0 Å². The van der Waals surface area contributed by atoms with Crippen molar-refractivity contribution in [1.29, 1.82) is 0 Å². The van der Waals surface area contributed by atoms with E-state index in [2.05, 4.69) is 51.9 Å². The highest BCUT2D eigenvalue weighted by Crippen LogP contribution is 2.31. The molecule has 3 aromatic rings. The number of aryl methyl sites for hydroxylation is 1. The molecule has 0 unspecified atom stereocenters. The molecular formula is C17H20N4. The first-order valence-electron chi connectivity index (χ1n) is 7.70. The number of nitrogens with zero attached hydrogens (tertiary/aromatic N) is 3. The largest absolute Gasteiger partial charge is 0.355 e. The third kappa shape index (κ3) is 2.06. The molecule has 3 heterocycles. The number of piperidine rings is 1. The van der Waals surface area contributed by atoms with Gasteiger partial charge in [0, 0.05) is 24.0 Å². The Morgan fingerprint density at radius 2 is 2.00 bits per heavy atom. The lowest BCUT2D eigenvalue weighted by molar-refractivity contribution is 0.437. The third-order valence-corrected chi connectivity index (χ3v) is 4.60. The summed E-state index contributed by atoms with van der Waals surface area (Å²) < 4.78 is 0. The summed E-state index contributed by atoms with van der Waals surface area (Å²) in [4.78, 5) is 15.0. The average Bonchev–Trinajstić information content (AvgIpc) is 2.85. The predicted molar refractivity (Wildman–Crippen MR) is 86.7 cm³/mol. The van der Waals surface area contributed by atoms with Gasteiger partial charge in [0.15, 0.2) is 5.82 Å². The zero-order chi connectivity index (χ0) is 14.4. The molecule has 4 heteroatoms. The minimum atomic E-state index is 0.823. The molecule has 0 radical (unpaired) electrons. The molecule has 1 N–H and O–H groups in total. The van der Waals surface area contributed by atoms with E-state index < -0.39 is 0 Å². The molecule has 0 aliphatic carbocycles. The van der Waals surface area contributed by atoms with Crippen molar-refractivity contribution in [3.05, 3.63) is 30.1 Å². The summed E-state index contributed by atoms with van der Waals surface area (Å²) in [5.41, 5.74) is 4.52. The molecule has 108 valence electrons. The Kier molecular flexibility index (Phi) is 2.84. The van der Waals surface area contributed by atoms with E-state index in [9.17, 15) is 0 Å². The predicted octanol–water partition coefficient (Wildman–Crippen LogP) is 3.66. The Bertz CT molecular complexity index is 797. The number of rotatable bonds is 1. The molecule has 1 aliphatic rings. The Hall–Kier alpha value is -2.10. The van der Waals surface area contributed by atoms with E-state index in [0.717, 1.165) is 41.4 Å². The molecule has 21 heavy (non-hydrogen) atoms. The van der Waals surface area contributed by atoms with Crippen molar-refractivity contribution in [2.24, 2.45) is 5.92 Å². The summed E-state index contributed by atoms with van der Waals surface area (Å²) in [7, 11) is 0. The minimum Gasteiger partial charge on any atom is -0.355 e. The number of anilines is 1. The maximum atomic E-state index is 4.56. The summed E-state index contributed by atoms with van der Waals surface area (Å²) in [6, 6.07) is 6.47. The van der Waals surface area contributed by atoms with Gasteiger partial charge in [0.25, 0.3) is 0 Å². The fraction of sp³-hybridized carbons (Fsp3) is 0.412. The van der Waals surface area contributed by atoms with Gasteiger partial charge in [-0.25, -0.2) is 9.97 Å². The lowest BCUT2D eigenvalue weighted by Gasteiger charge is -2.31. The summed E-state index contributed by atoms with van der Waals surface area (Å²) in [6.45, 7) is 6.62. The van der Waals surface area contributed by atoms with Crippen molar-refractivity contribution in [3.63, 3.8) is 0 Å². The highest BCUT2D eigenvalue weighted by Gasteiger charge is 2.20. The van der Waals surface area contributed by atoms with E-state index >= 15 is 0 Å². The van der Waals surface area contributed by atoms with Crippen LogP contribution in [-0.4, -0.2) is 28.0 Å². The Morgan fingerprint density at radius 1 is 1.19 bits per heavy atom. The number of benzene rings is 1. The van der Waals surface area contributed by atoms with Crippen LogP contribution in [0.2, 0.25) is 0 Å². The van der Waals surface area contributed by atoms with Crippen molar-refractivity contribution in [2.75, 3.05) is 18.0 Å². The summed E-state index contributed by atoms with van der Waals surface area (Å²) >= 11 is 0. The molecule has 1 saturated heterocycles. The number of hydrogen-bond donors (Lipinski definition) is 1. The van der Waals surface area contributed by atoms with Gasteiger partial charge < -0.3 is 9.88 Å². The van der Waals surface area contributed by atoms with Crippen LogP contribution in [0, 0.1) is 12.8 Å². The minimum absolute atomic E-state index is 0.823. The first kappa shape index (κ1) is 12.6. The van der Waals surface area contributed by atoms with Crippen LogP contribution in [0.3, 0.4) is 0 Å².